The van der Waals surface area contributed by atoms with Crippen molar-refractivity contribution in [1.82, 2.24) is 0 Å². The van der Waals surface area contributed by atoms with Gasteiger partial charge in [0.25, 0.3) is 0 Å². The highest BCUT2D eigenvalue weighted by atomic mass is 16.4. The van der Waals surface area contributed by atoms with Crippen LogP contribution in [0, 0.1) is 58.2 Å². The van der Waals surface area contributed by atoms with Gasteiger partial charge in [-0.25, -0.2) is 0 Å². The lowest BCUT2D eigenvalue weighted by molar-refractivity contribution is -0.144. The molecule has 2 N–H and O–H groups in total. The Morgan fingerprint density at radius 2 is 1.74 bits per heavy atom. The van der Waals surface area contributed by atoms with E-state index in [9.17, 15) is 15.0 Å². The molecule has 0 radical (unpaired) electrons. The molecule has 3 heteroatoms. The van der Waals surface area contributed by atoms with Crippen LogP contribution in [0.15, 0.2) is 30.3 Å². The molecule has 5 rings (SSSR count). The Balaban J connectivity index is 1.32. The first-order valence-electron chi connectivity index (χ1n) is 13.7. The SMILES string of the molecule is C[C@H](CC(=O)O)[C@H]1CC[C@H]2[C@@H]3CC[C@@H]4C[C@](O)(C#Cc5ccccc5)CC[C@]4(C)[C@H]3CC[C@]12C. The van der Waals surface area contributed by atoms with Gasteiger partial charge in [-0.05, 0) is 116 Å². The minimum absolute atomic E-state index is 0.267. The van der Waals surface area contributed by atoms with Gasteiger partial charge in [-0.2, -0.15) is 0 Å². The van der Waals surface area contributed by atoms with Gasteiger partial charge in [0.1, 0.15) is 5.60 Å². The maximum absolute atomic E-state index is 11.4. The zero-order chi connectivity index (χ0) is 24.1. The molecule has 4 aliphatic rings. The highest BCUT2D eigenvalue weighted by molar-refractivity contribution is 5.67. The summed E-state index contributed by atoms with van der Waals surface area (Å²) in [5.74, 6) is 9.47. The molecule has 0 heterocycles. The van der Waals surface area contributed by atoms with Crippen LogP contribution in [0.3, 0.4) is 0 Å². The van der Waals surface area contributed by atoms with E-state index in [1.165, 1.54) is 38.5 Å². The van der Waals surface area contributed by atoms with Gasteiger partial charge < -0.3 is 10.2 Å². The minimum Gasteiger partial charge on any atom is -0.481 e. The average molecular weight is 463 g/mol. The van der Waals surface area contributed by atoms with Gasteiger partial charge in [-0.3, -0.25) is 4.79 Å². The molecule has 34 heavy (non-hydrogen) atoms. The van der Waals surface area contributed by atoms with E-state index in [1.807, 2.05) is 30.3 Å². The Kier molecular flexibility index (Phi) is 6.12. The van der Waals surface area contributed by atoms with E-state index in [0.717, 1.165) is 42.6 Å². The van der Waals surface area contributed by atoms with Crippen molar-refractivity contribution in [2.75, 3.05) is 0 Å². The van der Waals surface area contributed by atoms with Crippen molar-refractivity contribution in [3.63, 3.8) is 0 Å². The van der Waals surface area contributed by atoms with Gasteiger partial charge in [0.15, 0.2) is 0 Å². The molecule has 0 aliphatic heterocycles. The van der Waals surface area contributed by atoms with Crippen LogP contribution in [0.5, 0.6) is 0 Å². The van der Waals surface area contributed by atoms with Crippen LogP contribution in [0.25, 0.3) is 0 Å². The number of fused-ring (bicyclic) bond motifs is 5. The van der Waals surface area contributed by atoms with E-state index >= 15 is 0 Å². The summed E-state index contributed by atoms with van der Waals surface area (Å²) in [5, 5.41) is 20.8. The van der Waals surface area contributed by atoms with Crippen LogP contribution in [0.1, 0.15) is 90.5 Å². The van der Waals surface area contributed by atoms with Crippen LogP contribution >= 0.6 is 0 Å². The van der Waals surface area contributed by atoms with E-state index in [2.05, 4.69) is 32.6 Å². The fraction of sp³-hybridized carbons (Fsp3) is 0.710. The van der Waals surface area contributed by atoms with Gasteiger partial charge in [0.05, 0.1) is 0 Å². The van der Waals surface area contributed by atoms with Gasteiger partial charge in [-0.15, -0.1) is 0 Å². The van der Waals surface area contributed by atoms with E-state index < -0.39 is 11.6 Å². The quantitative estimate of drug-likeness (QED) is 0.502. The molecule has 0 amide bonds. The molecule has 1 aromatic carbocycles. The Morgan fingerprint density at radius 3 is 2.47 bits per heavy atom. The monoisotopic (exact) mass is 462 g/mol. The summed E-state index contributed by atoms with van der Waals surface area (Å²) in [6.45, 7) is 7.20. The fourth-order valence-electron chi connectivity index (χ4n) is 9.46. The number of hydrogen-bond acceptors (Lipinski definition) is 2. The maximum atomic E-state index is 11.4. The molecule has 9 atom stereocenters. The van der Waals surface area contributed by atoms with E-state index in [1.54, 1.807) is 0 Å². The summed E-state index contributed by atoms with van der Waals surface area (Å²) >= 11 is 0. The Labute approximate surface area is 205 Å². The number of carboxylic acid groups (broad SMARTS) is 1. The number of carboxylic acids is 1. The summed E-state index contributed by atoms with van der Waals surface area (Å²) in [4.78, 5) is 11.4. The number of hydrogen-bond donors (Lipinski definition) is 2. The van der Waals surface area contributed by atoms with Crippen molar-refractivity contribution in [2.24, 2.45) is 46.3 Å². The van der Waals surface area contributed by atoms with E-state index in [-0.39, 0.29) is 5.92 Å². The number of benzene rings is 1. The molecule has 0 aromatic heterocycles. The second kappa shape index (κ2) is 8.70. The van der Waals surface area contributed by atoms with Crippen LogP contribution < -0.4 is 0 Å². The highest BCUT2D eigenvalue weighted by Crippen LogP contribution is 2.68. The third-order valence-electron chi connectivity index (χ3n) is 11.2. The van der Waals surface area contributed by atoms with Crippen molar-refractivity contribution in [1.29, 1.82) is 0 Å². The van der Waals surface area contributed by atoms with Crippen LogP contribution in [-0.2, 0) is 4.79 Å². The van der Waals surface area contributed by atoms with Crippen LogP contribution in [-0.4, -0.2) is 21.8 Å². The van der Waals surface area contributed by atoms with Crippen molar-refractivity contribution < 1.29 is 15.0 Å². The lowest BCUT2D eigenvalue weighted by Crippen LogP contribution is -2.56. The smallest absolute Gasteiger partial charge is 0.303 e. The number of aliphatic hydroxyl groups is 1. The molecule has 3 nitrogen and oxygen atoms in total. The Hall–Kier alpha value is -1.79. The van der Waals surface area contributed by atoms with E-state index in [0.29, 0.717) is 29.1 Å². The molecule has 4 aliphatic carbocycles. The molecule has 0 unspecified atom stereocenters. The summed E-state index contributed by atoms with van der Waals surface area (Å²) in [6.07, 6.45) is 10.4. The zero-order valence-electron chi connectivity index (χ0n) is 21.2. The molecule has 184 valence electrons. The molecule has 4 saturated carbocycles. The van der Waals surface area contributed by atoms with E-state index in [4.69, 9.17) is 0 Å². The molecule has 0 spiro atoms. The highest BCUT2D eigenvalue weighted by Gasteiger charge is 2.61. The normalized spacial score (nSPS) is 44.1. The second-order valence-corrected chi connectivity index (χ2v) is 12.8. The van der Waals surface area contributed by atoms with Gasteiger partial charge in [-0.1, -0.05) is 50.8 Å². The molecule has 0 bridgehead atoms. The lowest BCUT2D eigenvalue weighted by Gasteiger charge is -2.62. The maximum Gasteiger partial charge on any atom is 0.303 e. The average Bonchev–Trinajstić information content (AvgIpc) is 3.16. The summed E-state index contributed by atoms with van der Waals surface area (Å²) < 4.78 is 0. The van der Waals surface area contributed by atoms with Gasteiger partial charge in [0.2, 0.25) is 0 Å². The fourth-order valence-corrected chi connectivity index (χ4v) is 9.46. The first kappa shape index (κ1) is 23.9. The van der Waals surface area contributed by atoms with Crippen molar-refractivity contribution in [2.45, 2.75) is 90.6 Å². The predicted molar refractivity (Wildman–Crippen MR) is 135 cm³/mol. The largest absolute Gasteiger partial charge is 0.481 e. The molecular formula is C31H42O3. The molecule has 4 fully saturated rings. The zero-order valence-corrected chi connectivity index (χ0v) is 21.2. The molecule has 1 aromatic rings. The third-order valence-corrected chi connectivity index (χ3v) is 11.2. The Bertz CT molecular complexity index is 975. The second-order valence-electron chi connectivity index (χ2n) is 12.8. The lowest BCUT2D eigenvalue weighted by atomic mass is 9.43. The summed E-state index contributed by atoms with van der Waals surface area (Å²) in [7, 11) is 0. The predicted octanol–water partition coefficient (Wildman–Crippen LogP) is 6.54. The molecular weight excluding hydrogens is 420 g/mol. The third kappa shape index (κ3) is 4.01. The standard InChI is InChI=1S/C31H42O3/c1-21(19-28(32)33)25-11-12-26-24-10-9-23-20-31(34,16-13-22-7-5-4-6-8-22)18-17-29(23,2)27(24)14-15-30(25,26)3/h4-8,21,23-27,34H,9-12,14-15,17-20H2,1-3H3,(H,32,33)/t21-,23-,24+,25-,26+,27+,29+,30-,31+/m1/s1. The van der Waals surface area contributed by atoms with Crippen molar-refractivity contribution >= 4 is 5.97 Å². The number of carbonyl (C=O) groups is 1. The van der Waals surface area contributed by atoms with Crippen LogP contribution in [0.2, 0.25) is 0 Å². The van der Waals surface area contributed by atoms with Gasteiger partial charge >= 0.3 is 5.97 Å². The minimum atomic E-state index is -0.860. The first-order chi connectivity index (χ1) is 16.1. The number of aliphatic carboxylic acids is 1. The topological polar surface area (TPSA) is 57.5 Å². The first-order valence-corrected chi connectivity index (χ1v) is 13.7. The molecule has 0 saturated heterocycles. The van der Waals surface area contributed by atoms with Crippen LogP contribution in [0.4, 0.5) is 0 Å². The number of rotatable bonds is 3. The van der Waals surface area contributed by atoms with Crippen molar-refractivity contribution in [3.05, 3.63) is 35.9 Å². The summed E-state index contributed by atoms with van der Waals surface area (Å²) in [6, 6.07) is 10.0. The summed E-state index contributed by atoms with van der Waals surface area (Å²) in [5.41, 5.74) is 0.721. The Morgan fingerprint density at radius 1 is 1.00 bits per heavy atom. The van der Waals surface area contributed by atoms with Crippen molar-refractivity contribution in [3.8, 4) is 11.8 Å². The van der Waals surface area contributed by atoms with Gasteiger partial charge in [0, 0.05) is 12.0 Å².